The number of rotatable bonds is 8. The van der Waals surface area contributed by atoms with Crippen molar-refractivity contribution >= 4 is 29.9 Å². The Hall–Kier alpha value is -0.790. The summed E-state index contributed by atoms with van der Waals surface area (Å²) in [6, 6.07) is 0. The predicted octanol–water partition coefficient (Wildman–Crippen LogP) is 3.35. The quantitative estimate of drug-likeness (QED) is 0.398. The summed E-state index contributed by atoms with van der Waals surface area (Å²) in [5.41, 5.74) is 0. The van der Waals surface area contributed by atoms with Gasteiger partial charge in [-0.1, -0.05) is 27.2 Å². The number of aliphatic imine (C=N–C) groups is 1. The Morgan fingerprint density at radius 3 is 2.73 bits per heavy atom. The molecule has 1 N–H and O–H groups in total. The van der Waals surface area contributed by atoms with E-state index in [0.717, 1.165) is 31.4 Å². The lowest BCUT2D eigenvalue weighted by atomic mass is 10.2. The number of hydrogen-bond acceptors (Lipinski definition) is 2. The van der Waals surface area contributed by atoms with Crippen LogP contribution in [0.15, 0.2) is 17.4 Å². The van der Waals surface area contributed by atoms with E-state index in [0.29, 0.717) is 12.5 Å². The second-order valence-electron chi connectivity index (χ2n) is 5.83. The number of imidazole rings is 1. The third-order valence-corrected chi connectivity index (χ3v) is 3.28. The van der Waals surface area contributed by atoms with Crippen LogP contribution in [0, 0.1) is 5.92 Å². The van der Waals surface area contributed by atoms with Crippen LogP contribution in [0.25, 0.3) is 0 Å². The molecule has 0 atom stereocenters. The van der Waals surface area contributed by atoms with E-state index < -0.39 is 0 Å². The highest BCUT2D eigenvalue weighted by atomic mass is 127. The number of unbranched alkanes of at least 4 members (excludes halogenated alkanes) is 1. The Labute approximate surface area is 152 Å². The van der Waals surface area contributed by atoms with E-state index in [2.05, 4.69) is 54.5 Å². The Morgan fingerprint density at radius 2 is 2.14 bits per heavy atom. The first kappa shape index (κ1) is 21.2. The third kappa shape index (κ3) is 7.47. The lowest BCUT2D eigenvalue weighted by Gasteiger charge is -2.21. The number of halogens is 1. The molecule has 128 valence electrons. The molecule has 0 saturated carbocycles. The molecule has 0 aromatic carbocycles. The second kappa shape index (κ2) is 11.7. The molecular weight excluding hydrogens is 389 g/mol. The van der Waals surface area contributed by atoms with Gasteiger partial charge in [0.25, 0.3) is 0 Å². The van der Waals surface area contributed by atoms with Gasteiger partial charge in [-0.2, -0.15) is 0 Å². The standard InChI is InChI=1S/C16H31N5.HI/c1-6-8-10-20(5)16(17-7-2)19-12-15-18-9-11-21(15)13-14(3)4;/h9,11,14H,6-8,10,12-13H2,1-5H3,(H,17,19);1H. The zero-order valence-electron chi connectivity index (χ0n) is 14.7. The topological polar surface area (TPSA) is 45.5 Å². The van der Waals surface area contributed by atoms with Gasteiger partial charge in [0.15, 0.2) is 5.96 Å². The van der Waals surface area contributed by atoms with E-state index in [4.69, 9.17) is 4.99 Å². The maximum absolute atomic E-state index is 4.72. The minimum atomic E-state index is 0. The van der Waals surface area contributed by atoms with Crippen molar-refractivity contribution in [2.45, 2.75) is 53.6 Å². The molecule has 1 aromatic rings. The SMILES string of the molecule is CCCCN(C)C(=NCc1nccn1CC(C)C)NCC.I. The maximum atomic E-state index is 4.72. The van der Waals surface area contributed by atoms with Gasteiger partial charge in [-0.05, 0) is 19.3 Å². The van der Waals surface area contributed by atoms with Gasteiger partial charge < -0.3 is 14.8 Å². The van der Waals surface area contributed by atoms with Crippen molar-refractivity contribution < 1.29 is 0 Å². The summed E-state index contributed by atoms with van der Waals surface area (Å²) < 4.78 is 2.20. The molecular formula is C16H32IN5. The van der Waals surface area contributed by atoms with Gasteiger partial charge in [0.1, 0.15) is 12.4 Å². The molecule has 1 aromatic heterocycles. The Balaban J connectivity index is 0.00000441. The van der Waals surface area contributed by atoms with Crippen LogP contribution in [-0.2, 0) is 13.1 Å². The molecule has 1 heterocycles. The van der Waals surface area contributed by atoms with Gasteiger partial charge in [0, 0.05) is 39.1 Å². The van der Waals surface area contributed by atoms with E-state index in [-0.39, 0.29) is 24.0 Å². The summed E-state index contributed by atoms with van der Waals surface area (Å²) in [6.45, 7) is 12.3. The highest BCUT2D eigenvalue weighted by molar-refractivity contribution is 14.0. The number of nitrogens with zero attached hydrogens (tertiary/aromatic N) is 4. The third-order valence-electron chi connectivity index (χ3n) is 3.28. The van der Waals surface area contributed by atoms with Gasteiger partial charge >= 0.3 is 0 Å². The van der Waals surface area contributed by atoms with Crippen molar-refractivity contribution in [2.24, 2.45) is 10.9 Å². The average Bonchev–Trinajstić information content (AvgIpc) is 2.87. The van der Waals surface area contributed by atoms with Gasteiger partial charge in [0.2, 0.25) is 0 Å². The molecule has 1 rings (SSSR count). The highest BCUT2D eigenvalue weighted by Crippen LogP contribution is 2.05. The molecule has 0 spiro atoms. The summed E-state index contributed by atoms with van der Waals surface area (Å²) >= 11 is 0. The van der Waals surface area contributed by atoms with Crippen LogP contribution in [-0.4, -0.2) is 40.5 Å². The van der Waals surface area contributed by atoms with Crippen LogP contribution in [0.5, 0.6) is 0 Å². The molecule has 0 fully saturated rings. The molecule has 0 aliphatic carbocycles. The summed E-state index contributed by atoms with van der Waals surface area (Å²) in [7, 11) is 2.09. The van der Waals surface area contributed by atoms with Crippen LogP contribution in [0.1, 0.15) is 46.4 Å². The maximum Gasteiger partial charge on any atom is 0.194 e. The fourth-order valence-corrected chi connectivity index (χ4v) is 2.17. The lowest BCUT2D eigenvalue weighted by Crippen LogP contribution is -2.39. The molecule has 0 radical (unpaired) electrons. The number of aromatic nitrogens is 2. The summed E-state index contributed by atoms with van der Waals surface area (Å²) in [6.07, 6.45) is 6.28. The molecule has 0 aliphatic heterocycles. The van der Waals surface area contributed by atoms with Gasteiger partial charge in [-0.15, -0.1) is 24.0 Å². The van der Waals surface area contributed by atoms with Gasteiger partial charge in [0.05, 0.1) is 0 Å². The fraction of sp³-hybridized carbons (Fsp3) is 0.750. The van der Waals surface area contributed by atoms with Crippen LogP contribution in [0.3, 0.4) is 0 Å². The number of nitrogens with one attached hydrogen (secondary N) is 1. The fourth-order valence-electron chi connectivity index (χ4n) is 2.17. The van der Waals surface area contributed by atoms with E-state index in [1.807, 2.05) is 12.4 Å². The summed E-state index contributed by atoms with van der Waals surface area (Å²) in [5.74, 6) is 2.61. The second-order valence-corrected chi connectivity index (χ2v) is 5.83. The normalized spacial score (nSPS) is 11.5. The van der Waals surface area contributed by atoms with Crippen molar-refractivity contribution in [1.29, 1.82) is 0 Å². The van der Waals surface area contributed by atoms with Gasteiger partial charge in [-0.3, -0.25) is 0 Å². The van der Waals surface area contributed by atoms with Crippen LogP contribution < -0.4 is 5.32 Å². The number of hydrogen-bond donors (Lipinski definition) is 1. The molecule has 0 unspecified atom stereocenters. The molecule has 5 nitrogen and oxygen atoms in total. The van der Waals surface area contributed by atoms with E-state index in [1.165, 1.54) is 12.8 Å². The Bertz CT molecular complexity index is 428. The minimum Gasteiger partial charge on any atom is -0.357 e. The van der Waals surface area contributed by atoms with Crippen molar-refractivity contribution in [2.75, 3.05) is 20.1 Å². The largest absolute Gasteiger partial charge is 0.357 e. The number of guanidine groups is 1. The van der Waals surface area contributed by atoms with Crippen LogP contribution in [0.2, 0.25) is 0 Å². The van der Waals surface area contributed by atoms with Crippen molar-refractivity contribution in [3.05, 3.63) is 18.2 Å². The first-order chi connectivity index (χ1) is 10.1. The van der Waals surface area contributed by atoms with Crippen LogP contribution in [0.4, 0.5) is 0 Å². The molecule has 0 amide bonds. The predicted molar refractivity (Wildman–Crippen MR) is 105 cm³/mol. The van der Waals surface area contributed by atoms with Gasteiger partial charge in [-0.25, -0.2) is 9.98 Å². The summed E-state index contributed by atoms with van der Waals surface area (Å²) in [5, 5.41) is 3.35. The first-order valence-corrected chi connectivity index (χ1v) is 8.07. The minimum absolute atomic E-state index is 0. The molecule has 0 aliphatic rings. The highest BCUT2D eigenvalue weighted by Gasteiger charge is 2.07. The van der Waals surface area contributed by atoms with E-state index in [9.17, 15) is 0 Å². The lowest BCUT2D eigenvalue weighted by molar-refractivity contribution is 0.463. The molecule has 22 heavy (non-hydrogen) atoms. The Kier molecular flexibility index (Phi) is 11.3. The molecule has 0 saturated heterocycles. The smallest absolute Gasteiger partial charge is 0.194 e. The zero-order chi connectivity index (χ0) is 15.7. The van der Waals surface area contributed by atoms with E-state index >= 15 is 0 Å². The zero-order valence-corrected chi connectivity index (χ0v) is 17.0. The first-order valence-electron chi connectivity index (χ1n) is 8.07. The van der Waals surface area contributed by atoms with Crippen molar-refractivity contribution in [1.82, 2.24) is 19.8 Å². The van der Waals surface area contributed by atoms with Crippen LogP contribution >= 0.6 is 24.0 Å². The van der Waals surface area contributed by atoms with Crippen molar-refractivity contribution in [3.8, 4) is 0 Å². The van der Waals surface area contributed by atoms with Crippen molar-refractivity contribution in [3.63, 3.8) is 0 Å². The summed E-state index contributed by atoms with van der Waals surface area (Å²) in [4.78, 5) is 11.4. The molecule has 0 bridgehead atoms. The van der Waals surface area contributed by atoms with E-state index in [1.54, 1.807) is 0 Å². The Morgan fingerprint density at radius 1 is 1.41 bits per heavy atom. The monoisotopic (exact) mass is 421 g/mol. The average molecular weight is 421 g/mol. The molecule has 6 heteroatoms.